The van der Waals surface area contributed by atoms with Gasteiger partial charge in [-0.05, 0) is 17.6 Å². The zero-order valence-corrected chi connectivity index (χ0v) is 10.5. The van der Waals surface area contributed by atoms with E-state index in [0.717, 1.165) is 0 Å². The van der Waals surface area contributed by atoms with Crippen molar-refractivity contribution in [2.75, 3.05) is 5.75 Å². The fourth-order valence-corrected chi connectivity index (χ4v) is 2.07. The summed E-state index contributed by atoms with van der Waals surface area (Å²) >= 11 is 10.9. The molecule has 0 aromatic heterocycles. The molecule has 9 heteroatoms. The van der Waals surface area contributed by atoms with E-state index in [1.807, 2.05) is 0 Å². The number of hydrogen-bond acceptors (Lipinski definition) is 3. The van der Waals surface area contributed by atoms with Gasteiger partial charge in [0.25, 0.3) is 0 Å². The third-order valence-electron chi connectivity index (χ3n) is 1.69. The van der Waals surface area contributed by atoms with Crippen molar-refractivity contribution in [1.29, 1.82) is 0 Å². The summed E-state index contributed by atoms with van der Waals surface area (Å²) in [5.74, 6) is -0.968. The van der Waals surface area contributed by atoms with Gasteiger partial charge in [-0.25, -0.2) is 0 Å². The van der Waals surface area contributed by atoms with Crippen molar-refractivity contribution in [1.82, 2.24) is 0 Å². The van der Waals surface area contributed by atoms with Crippen molar-refractivity contribution in [2.24, 2.45) is 0 Å². The van der Waals surface area contributed by atoms with E-state index in [2.05, 4.69) is 8.41 Å². The zero-order chi connectivity index (χ0) is 12.9. The highest BCUT2D eigenvalue weighted by Gasteiger charge is 2.27. The summed E-state index contributed by atoms with van der Waals surface area (Å²) in [6.07, 6.45) is -4.22. The van der Waals surface area contributed by atoms with Crippen molar-refractivity contribution in [3.05, 3.63) is 24.3 Å². The Bertz CT molecular complexity index is 363. The van der Waals surface area contributed by atoms with Crippen LogP contribution in [0.3, 0.4) is 0 Å². The number of benzene rings is 1. The number of halogens is 5. The summed E-state index contributed by atoms with van der Waals surface area (Å²) in [5, 5.41) is 0. The lowest BCUT2D eigenvalue weighted by atomic mass is 9.80. The van der Waals surface area contributed by atoms with Crippen LogP contribution in [-0.2, 0) is 8.41 Å². The summed E-state index contributed by atoms with van der Waals surface area (Å²) in [6.45, 7) is 0. The minimum Gasteiger partial charge on any atom is -0.301 e. The van der Waals surface area contributed by atoms with Crippen LogP contribution in [0.25, 0.3) is 0 Å². The molecule has 2 nitrogen and oxygen atoms in total. The van der Waals surface area contributed by atoms with E-state index in [4.69, 9.17) is 23.7 Å². The molecule has 0 atom stereocenters. The Labute approximate surface area is 111 Å². The van der Waals surface area contributed by atoms with E-state index < -0.39 is 19.0 Å². The minimum absolute atomic E-state index is 0.423. The first-order valence-electron chi connectivity index (χ1n) is 4.30. The van der Waals surface area contributed by atoms with E-state index >= 15 is 0 Å². The number of alkyl halides is 3. The lowest BCUT2D eigenvalue weighted by Gasteiger charge is -2.08. The minimum atomic E-state index is -4.22. The molecule has 0 unspecified atom stereocenters. The average Bonchev–Trinajstić information content (AvgIpc) is 2.28. The molecule has 0 aliphatic heterocycles. The SMILES string of the molecule is FC(F)(F)CSc1cccc(B(OCl)OCl)c1. The molecule has 0 saturated heterocycles. The fourth-order valence-electron chi connectivity index (χ4n) is 1.03. The Morgan fingerprint density at radius 2 is 1.88 bits per heavy atom. The van der Waals surface area contributed by atoms with Gasteiger partial charge in [-0.3, -0.25) is 0 Å². The van der Waals surface area contributed by atoms with Crippen molar-refractivity contribution in [3.63, 3.8) is 0 Å². The molecule has 1 rings (SSSR count). The molecule has 94 valence electrons. The quantitative estimate of drug-likeness (QED) is 0.614. The predicted octanol–water partition coefficient (Wildman–Crippen LogP) is 3.38. The largest absolute Gasteiger partial charge is 0.527 e. The first-order valence-corrected chi connectivity index (χ1v) is 5.91. The van der Waals surface area contributed by atoms with E-state index in [1.165, 1.54) is 6.07 Å². The molecule has 0 fully saturated rings. The maximum absolute atomic E-state index is 12.0. The van der Waals surface area contributed by atoms with Crippen molar-refractivity contribution < 1.29 is 21.6 Å². The Balaban J connectivity index is 2.72. The van der Waals surface area contributed by atoms with Gasteiger partial charge < -0.3 is 8.41 Å². The first kappa shape index (κ1) is 15.0. The van der Waals surface area contributed by atoms with Crippen LogP contribution in [0.2, 0.25) is 0 Å². The van der Waals surface area contributed by atoms with Gasteiger partial charge in [0.05, 0.1) is 5.75 Å². The molecule has 1 aromatic rings. The molecule has 0 saturated carbocycles. The highest BCUT2D eigenvalue weighted by atomic mass is 35.5. The van der Waals surface area contributed by atoms with E-state index in [1.54, 1.807) is 18.2 Å². The Morgan fingerprint density at radius 1 is 1.24 bits per heavy atom. The molecule has 0 spiro atoms. The van der Waals surface area contributed by atoms with Crippen LogP contribution in [0.15, 0.2) is 29.2 Å². The maximum atomic E-state index is 12.0. The lowest BCUT2D eigenvalue weighted by Crippen LogP contribution is -2.31. The van der Waals surface area contributed by atoms with Crippen LogP contribution in [0.5, 0.6) is 0 Å². The normalized spacial score (nSPS) is 11.6. The summed E-state index contributed by atoms with van der Waals surface area (Å²) < 4.78 is 44.8. The molecule has 0 amide bonds. The van der Waals surface area contributed by atoms with Gasteiger partial charge in [-0.2, -0.15) is 13.2 Å². The van der Waals surface area contributed by atoms with Crippen molar-refractivity contribution >= 4 is 48.1 Å². The molecular formula is C8H6BCl2F3O2S. The molecule has 0 heterocycles. The van der Waals surface area contributed by atoms with Crippen LogP contribution >= 0.6 is 35.5 Å². The van der Waals surface area contributed by atoms with Crippen molar-refractivity contribution in [3.8, 4) is 0 Å². The number of thioether (sulfide) groups is 1. The predicted molar refractivity (Wildman–Crippen MR) is 62.5 cm³/mol. The second-order valence-electron chi connectivity index (χ2n) is 2.99. The summed E-state index contributed by atoms with van der Waals surface area (Å²) in [7, 11) is -1.02. The van der Waals surface area contributed by atoms with Gasteiger partial charge in [0.15, 0.2) is 0 Å². The van der Waals surface area contributed by atoms with Crippen LogP contribution < -0.4 is 5.46 Å². The molecule has 0 aliphatic rings. The van der Waals surface area contributed by atoms with Gasteiger partial charge in [-0.15, -0.1) is 11.8 Å². The molecule has 17 heavy (non-hydrogen) atoms. The highest BCUT2D eigenvalue weighted by molar-refractivity contribution is 7.99. The monoisotopic (exact) mass is 304 g/mol. The molecule has 0 radical (unpaired) electrons. The standard InChI is InChI=1S/C8H6BCl2F3O2S/c10-15-9(16-11)6-2-1-3-7(4-6)17-5-8(12,13)14/h1-4H,5H2. The summed E-state index contributed by atoms with van der Waals surface area (Å²) in [6, 6.07) is 6.14. The van der Waals surface area contributed by atoms with Gasteiger partial charge in [0, 0.05) is 28.6 Å². The molecule has 1 aromatic carbocycles. The highest BCUT2D eigenvalue weighted by Crippen LogP contribution is 2.26. The lowest BCUT2D eigenvalue weighted by molar-refractivity contribution is -0.105. The molecule has 0 aliphatic carbocycles. The van der Waals surface area contributed by atoms with Gasteiger partial charge in [-0.1, -0.05) is 12.1 Å². The molecule has 0 bridgehead atoms. The second-order valence-corrected chi connectivity index (χ2v) is 4.39. The smallest absolute Gasteiger partial charge is 0.301 e. The van der Waals surface area contributed by atoms with Crippen LogP contribution in [0, 0.1) is 0 Å². The van der Waals surface area contributed by atoms with E-state index in [9.17, 15) is 13.2 Å². The first-order chi connectivity index (χ1) is 7.96. The van der Waals surface area contributed by atoms with Gasteiger partial charge in [0.1, 0.15) is 0 Å². The van der Waals surface area contributed by atoms with Gasteiger partial charge in [0.2, 0.25) is 0 Å². The third kappa shape index (κ3) is 5.39. The topological polar surface area (TPSA) is 18.5 Å². The zero-order valence-electron chi connectivity index (χ0n) is 8.21. The van der Waals surface area contributed by atoms with Crippen LogP contribution in [0.1, 0.15) is 0 Å². The van der Waals surface area contributed by atoms with E-state index in [-0.39, 0.29) is 0 Å². The fraction of sp³-hybridized carbons (Fsp3) is 0.250. The molecule has 0 N–H and O–H groups in total. The molecular weight excluding hydrogens is 299 g/mol. The van der Waals surface area contributed by atoms with Crippen LogP contribution in [-0.4, -0.2) is 19.0 Å². The average molecular weight is 305 g/mol. The number of hydrogen-bond donors (Lipinski definition) is 0. The Hall–Kier alpha value is -0.0751. The maximum Gasteiger partial charge on any atom is 0.527 e. The Kier molecular flexibility index (Phi) is 5.95. The third-order valence-corrected chi connectivity index (χ3v) is 3.08. The summed E-state index contributed by atoms with van der Waals surface area (Å²) in [4.78, 5) is 0.423. The van der Waals surface area contributed by atoms with Crippen molar-refractivity contribution in [2.45, 2.75) is 11.1 Å². The van der Waals surface area contributed by atoms with Crippen LogP contribution in [0.4, 0.5) is 13.2 Å². The van der Waals surface area contributed by atoms with Gasteiger partial charge >= 0.3 is 13.3 Å². The summed E-state index contributed by atoms with van der Waals surface area (Å²) in [5.41, 5.74) is 0.433. The van der Waals surface area contributed by atoms with E-state index in [0.29, 0.717) is 22.1 Å². The number of rotatable bonds is 5. The Morgan fingerprint density at radius 3 is 2.41 bits per heavy atom. The second kappa shape index (κ2) is 6.75.